The van der Waals surface area contributed by atoms with Crippen LogP contribution in [0.15, 0.2) is 0 Å². The maximum atomic E-state index is 8.70. The SMILES string of the molecule is CS[C@@H]1CNCC[C@@H]1C#N. The van der Waals surface area contributed by atoms with E-state index in [1.807, 2.05) is 0 Å². The molecule has 0 amide bonds. The van der Waals surface area contributed by atoms with Gasteiger partial charge in [-0.25, -0.2) is 0 Å². The molecule has 1 N–H and O–H groups in total. The highest BCUT2D eigenvalue weighted by molar-refractivity contribution is 7.99. The first kappa shape index (κ1) is 7.90. The van der Waals surface area contributed by atoms with Gasteiger partial charge in [0.15, 0.2) is 0 Å². The molecule has 0 bridgehead atoms. The molecule has 1 heterocycles. The number of hydrogen-bond acceptors (Lipinski definition) is 3. The van der Waals surface area contributed by atoms with Gasteiger partial charge in [0.2, 0.25) is 0 Å². The monoisotopic (exact) mass is 156 g/mol. The maximum Gasteiger partial charge on any atom is 0.0668 e. The summed E-state index contributed by atoms with van der Waals surface area (Å²) in [6.07, 6.45) is 3.09. The standard InChI is InChI=1S/C7H12N2S/c1-10-7-5-9-3-2-6(7)4-8/h6-7,9H,2-3,5H2,1H3/t6-,7-/m1/s1. The minimum Gasteiger partial charge on any atom is -0.316 e. The molecule has 0 aromatic heterocycles. The molecule has 10 heavy (non-hydrogen) atoms. The van der Waals surface area contributed by atoms with Crippen LogP contribution in [0.25, 0.3) is 0 Å². The van der Waals surface area contributed by atoms with Gasteiger partial charge in [-0.15, -0.1) is 0 Å². The van der Waals surface area contributed by atoms with Gasteiger partial charge in [0.05, 0.1) is 12.0 Å². The van der Waals surface area contributed by atoms with Gasteiger partial charge in [-0.05, 0) is 19.2 Å². The summed E-state index contributed by atoms with van der Waals surface area (Å²) in [5.41, 5.74) is 0. The lowest BCUT2D eigenvalue weighted by atomic mass is 10.00. The summed E-state index contributed by atoms with van der Waals surface area (Å²) < 4.78 is 0. The third-order valence-electron chi connectivity index (χ3n) is 1.89. The third kappa shape index (κ3) is 1.65. The van der Waals surface area contributed by atoms with E-state index in [2.05, 4.69) is 17.6 Å². The van der Waals surface area contributed by atoms with E-state index in [0.29, 0.717) is 5.25 Å². The Bertz CT molecular complexity index is 141. The first-order valence-corrected chi connectivity index (χ1v) is 4.80. The van der Waals surface area contributed by atoms with Gasteiger partial charge in [0.25, 0.3) is 0 Å². The summed E-state index contributed by atoms with van der Waals surface area (Å²) in [7, 11) is 0. The fourth-order valence-electron chi connectivity index (χ4n) is 1.23. The average molecular weight is 156 g/mol. The van der Waals surface area contributed by atoms with Crippen LogP contribution in [0, 0.1) is 17.2 Å². The summed E-state index contributed by atoms with van der Waals surface area (Å²) in [6, 6.07) is 2.34. The van der Waals surface area contributed by atoms with Crippen LogP contribution in [0.5, 0.6) is 0 Å². The predicted octanol–water partition coefficient (Wildman–Crippen LogP) is 0.851. The van der Waals surface area contributed by atoms with Crippen molar-refractivity contribution in [1.29, 1.82) is 5.26 Å². The highest BCUT2D eigenvalue weighted by Crippen LogP contribution is 2.21. The van der Waals surface area contributed by atoms with E-state index >= 15 is 0 Å². The Morgan fingerprint density at radius 1 is 1.70 bits per heavy atom. The molecule has 1 aliphatic heterocycles. The molecular weight excluding hydrogens is 144 g/mol. The van der Waals surface area contributed by atoms with Crippen molar-refractivity contribution in [1.82, 2.24) is 5.32 Å². The molecule has 0 aliphatic carbocycles. The molecule has 0 saturated carbocycles. The molecule has 0 aromatic carbocycles. The number of nitrogens with one attached hydrogen (secondary N) is 1. The van der Waals surface area contributed by atoms with Gasteiger partial charge in [-0.1, -0.05) is 0 Å². The lowest BCUT2D eigenvalue weighted by Crippen LogP contribution is -2.37. The van der Waals surface area contributed by atoms with Crippen LogP contribution < -0.4 is 5.32 Å². The van der Waals surface area contributed by atoms with Crippen molar-refractivity contribution in [3.8, 4) is 6.07 Å². The molecule has 1 aliphatic rings. The lowest BCUT2D eigenvalue weighted by Gasteiger charge is -2.25. The van der Waals surface area contributed by atoms with Crippen LogP contribution in [0.3, 0.4) is 0 Å². The number of thioether (sulfide) groups is 1. The molecule has 1 rings (SSSR count). The number of nitrogens with zero attached hydrogens (tertiary/aromatic N) is 1. The molecule has 2 atom stereocenters. The Labute approximate surface area is 66.0 Å². The van der Waals surface area contributed by atoms with Crippen LogP contribution in [0.2, 0.25) is 0 Å². The second-order valence-electron chi connectivity index (χ2n) is 2.50. The molecule has 0 spiro atoms. The summed E-state index contributed by atoms with van der Waals surface area (Å²) in [6.45, 7) is 2.01. The van der Waals surface area contributed by atoms with E-state index in [1.165, 1.54) is 0 Å². The second kappa shape index (κ2) is 3.85. The van der Waals surface area contributed by atoms with E-state index in [1.54, 1.807) is 11.8 Å². The Morgan fingerprint density at radius 3 is 3.00 bits per heavy atom. The third-order valence-corrected chi connectivity index (χ3v) is 3.00. The Balaban J connectivity index is 2.44. The van der Waals surface area contributed by atoms with E-state index in [0.717, 1.165) is 19.5 Å². The maximum absolute atomic E-state index is 8.70. The van der Waals surface area contributed by atoms with E-state index in [-0.39, 0.29) is 5.92 Å². The van der Waals surface area contributed by atoms with E-state index < -0.39 is 0 Å². The molecule has 0 unspecified atom stereocenters. The van der Waals surface area contributed by atoms with E-state index in [9.17, 15) is 0 Å². The molecule has 1 saturated heterocycles. The fraction of sp³-hybridized carbons (Fsp3) is 0.857. The van der Waals surface area contributed by atoms with Crippen LogP contribution in [-0.2, 0) is 0 Å². The molecular formula is C7H12N2S. The average Bonchev–Trinajstić information content (AvgIpc) is 2.04. The normalized spacial score (nSPS) is 33.2. The second-order valence-corrected chi connectivity index (χ2v) is 3.58. The zero-order valence-corrected chi connectivity index (χ0v) is 6.95. The van der Waals surface area contributed by atoms with Crippen molar-refractivity contribution in [3.63, 3.8) is 0 Å². The molecule has 0 aromatic rings. The summed E-state index contributed by atoms with van der Waals surface area (Å²) in [5.74, 6) is 0.274. The zero-order valence-electron chi connectivity index (χ0n) is 6.13. The van der Waals surface area contributed by atoms with Crippen LogP contribution in [-0.4, -0.2) is 24.6 Å². The summed E-state index contributed by atoms with van der Waals surface area (Å²) >= 11 is 1.79. The van der Waals surface area contributed by atoms with E-state index in [4.69, 9.17) is 5.26 Å². The van der Waals surface area contributed by atoms with Crippen molar-refractivity contribution in [2.24, 2.45) is 5.92 Å². The first-order chi connectivity index (χ1) is 4.88. The zero-order chi connectivity index (χ0) is 7.40. The Morgan fingerprint density at radius 2 is 2.50 bits per heavy atom. The van der Waals surface area contributed by atoms with Crippen molar-refractivity contribution in [2.45, 2.75) is 11.7 Å². The predicted molar refractivity (Wildman–Crippen MR) is 43.9 cm³/mol. The largest absolute Gasteiger partial charge is 0.316 e. The van der Waals surface area contributed by atoms with Gasteiger partial charge in [-0.2, -0.15) is 17.0 Å². The van der Waals surface area contributed by atoms with Gasteiger partial charge in [-0.3, -0.25) is 0 Å². The fourth-order valence-corrected chi connectivity index (χ4v) is 2.04. The number of nitriles is 1. The molecule has 2 nitrogen and oxygen atoms in total. The van der Waals surface area contributed by atoms with Crippen molar-refractivity contribution >= 4 is 11.8 Å². The summed E-state index contributed by atoms with van der Waals surface area (Å²) in [4.78, 5) is 0. The number of hydrogen-bond donors (Lipinski definition) is 1. The molecule has 3 heteroatoms. The molecule has 1 fully saturated rings. The lowest BCUT2D eigenvalue weighted by molar-refractivity contribution is 0.457. The van der Waals surface area contributed by atoms with Gasteiger partial charge in [0, 0.05) is 11.8 Å². The van der Waals surface area contributed by atoms with Crippen molar-refractivity contribution in [3.05, 3.63) is 0 Å². The van der Waals surface area contributed by atoms with Gasteiger partial charge < -0.3 is 5.32 Å². The molecule has 56 valence electrons. The van der Waals surface area contributed by atoms with Crippen LogP contribution >= 0.6 is 11.8 Å². The number of piperidine rings is 1. The first-order valence-electron chi connectivity index (χ1n) is 3.51. The Hall–Kier alpha value is -0.200. The highest BCUT2D eigenvalue weighted by Gasteiger charge is 2.23. The Kier molecular flexibility index (Phi) is 3.04. The van der Waals surface area contributed by atoms with Gasteiger partial charge in [0.1, 0.15) is 0 Å². The smallest absolute Gasteiger partial charge is 0.0668 e. The van der Waals surface area contributed by atoms with Gasteiger partial charge >= 0.3 is 0 Å². The topological polar surface area (TPSA) is 35.8 Å². The van der Waals surface area contributed by atoms with Crippen LogP contribution in [0.4, 0.5) is 0 Å². The van der Waals surface area contributed by atoms with Crippen LogP contribution in [0.1, 0.15) is 6.42 Å². The molecule has 0 radical (unpaired) electrons. The highest BCUT2D eigenvalue weighted by atomic mass is 32.2. The van der Waals surface area contributed by atoms with Crippen molar-refractivity contribution in [2.75, 3.05) is 19.3 Å². The van der Waals surface area contributed by atoms with Crippen molar-refractivity contribution < 1.29 is 0 Å². The quantitative estimate of drug-likeness (QED) is 0.611. The number of rotatable bonds is 1. The minimum absolute atomic E-state index is 0.274. The summed E-state index contributed by atoms with van der Waals surface area (Å²) in [5, 5.41) is 12.5. The minimum atomic E-state index is 0.274.